The smallest absolute Gasteiger partial charge is 0.256 e. The van der Waals surface area contributed by atoms with Gasteiger partial charge in [-0.3, -0.25) is 9.36 Å². The van der Waals surface area contributed by atoms with Gasteiger partial charge in [-0.25, -0.2) is 18.4 Å². The monoisotopic (exact) mass is 529 g/mol. The van der Waals surface area contributed by atoms with Crippen LogP contribution in [-0.4, -0.2) is 50.2 Å². The van der Waals surface area contributed by atoms with Crippen LogP contribution in [0.3, 0.4) is 0 Å². The lowest BCUT2D eigenvalue weighted by atomic mass is 10.1. The van der Waals surface area contributed by atoms with E-state index in [4.69, 9.17) is 0 Å². The summed E-state index contributed by atoms with van der Waals surface area (Å²) in [6, 6.07) is 15.6. The fourth-order valence-corrected chi connectivity index (χ4v) is 5.70. The third kappa shape index (κ3) is 5.11. The molecule has 1 aromatic heterocycles. The first kappa shape index (κ1) is 23.8. The lowest BCUT2D eigenvalue weighted by Gasteiger charge is -2.26. The first-order valence-corrected chi connectivity index (χ1v) is 12.8. The van der Waals surface area contributed by atoms with Crippen LogP contribution in [0.1, 0.15) is 24.1 Å². The largest absolute Gasteiger partial charge is 0.314 e. The molecular weight excluding hydrogens is 502 g/mol. The molecule has 0 radical (unpaired) electrons. The number of piperazine rings is 1. The molecule has 7 nitrogen and oxygen atoms in total. The summed E-state index contributed by atoms with van der Waals surface area (Å²) in [4.78, 5) is 19.0. The van der Waals surface area contributed by atoms with Gasteiger partial charge in [0.2, 0.25) is 5.95 Å². The molecule has 2 aliphatic rings. The van der Waals surface area contributed by atoms with Gasteiger partial charge >= 0.3 is 0 Å². The van der Waals surface area contributed by atoms with Gasteiger partial charge in [0.15, 0.2) is 0 Å². The molecule has 1 fully saturated rings. The van der Waals surface area contributed by atoms with Crippen molar-refractivity contribution in [2.45, 2.75) is 31.8 Å². The summed E-state index contributed by atoms with van der Waals surface area (Å²) in [6.07, 6.45) is 1.64. The lowest BCUT2D eigenvalue weighted by Crippen LogP contribution is -2.44. The van der Waals surface area contributed by atoms with Crippen LogP contribution in [0.2, 0.25) is 0 Å². The first-order chi connectivity index (χ1) is 15.9. The Kier molecular flexibility index (Phi) is 7.43. The molecule has 0 bridgehead atoms. The van der Waals surface area contributed by atoms with E-state index in [0.717, 1.165) is 47.5 Å². The second kappa shape index (κ2) is 10.3. The highest BCUT2D eigenvalue weighted by Crippen LogP contribution is 2.38. The summed E-state index contributed by atoms with van der Waals surface area (Å²) >= 11 is 3.31. The molecule has 2 atom stereocenters. The van der Waals surface area contributed by atoms with Crippen LogP contribution >= 0.6 is 15.9 Å². The van der Waals surface area contributed by atoms with E-state index >= 15 is 0 Å². The van der Waals surface area contributed by atoms with Crippen molar-refractivity contribution >= 4 is 44.5 Å². The van der Waals surface area contributed by atoms with Crippen molar-refractivity contribution in [3.8, 4) is 0 Å². The Morgan fingerprint density at radius 1 is 1.06 bits per heavy atom. The van der Waals surface area contributed by atoms with Gasteiger partial charge in [-0.1, -0.05) is 40.2 Å². The Hall–Kier alpha value is -2.33. The number of rotatable bonds is 3. The average Bonchev–Trinajstić information content (AvgIpc) is 3.33. The Balaban J connectivity index is 0.000000318. The molecule has 33 heavy (non-hydrogen) atoms. The van der Waals surface area contributed by atoms with Crippen LogP contribution < -0.4 is 10.2 Å². The molecule has 2 unspecified atom stereocenters. The number of amides is 1. The van der Waals surface area contributed by atoms with Gasteiger partial charge in [0.25, 0.3) is 5.91 Å². The minimum Gasteiger partial charge on any atom is -0.314 e. The van der Waals surface area contributed by atoms with Crippen LogP contribution in [0, 0.1) is 13.8 Å². The van der Waals surface area contributed by atoms with Crippen molar-refractivity contribution in [3.63, 3.8) is 0 Å². The number of hydrogen-bond acceptors (Lipinski definition) is 4. The van der Waals surface area contributed by atoms with Gasteiger partial charge in [-0.2, -0.15) is 0 Å². The third-order valence-electron chi connectivity index (χ3n) is 5.60. The van der Waals surface area contributed by atoms with Gasteiger partial charge < -0.3 is 5.32 Å². The van der Waals surface area contributed by atoms with Crippen molar-refractivity contribution in [2.24, 2.45) is 0 Å². The normalized spacial score (nSPS) is 19.1. The van der Waals surface area contributed by atoms with Gasteiger partial charge in [-0.05, 0) is 56.2 Å². The van der Waals surface area contributed by atoms with E-state index < -0.39 is 17.0 Å². The first-order valence-electron chi connectivity index (χ1n) is 10.9. The van der Waals surface area contributed by atoms with E-state index in [-0.39, 0.29) is 5.91 Å². The zero-order chi connectivity index (χ0) is 23.5. The van der Waals surface area contributed by atoms with E-state index in [1.807, 2.05) is 72.1 Å². The number of fused-ring (bicyclic) bond motifs is 1. The number of hydrogen-bond donors (Lipinski definition) is 1. The molecule has 174 valence electrons. The molecule has 3 heterocycles. The van der Waals surface area contributed by atoms with E-state index in [1.165, 1.54) is 0 Å². The summed E-state index contributed by atoms with van der Waals surface area (Å²) < 4.78 is 17.9. The van der Waals surface area contributed by atoms with Crippen molar-refractivity contribution in [1.29, 1.82) is 0 Å². The summed E-state index contributed by atoms with van der Waals surface area (Å²) in [5, 5.41) is 3.85. The average molecular weight is 530 g/mol. The summed E-state index contributed by atoms with van der Waals surface area (Å²) in [5.41, 5.74) is 2.99. The third-order valence-corrected chi connectivity index (χ3v) is 7.62. The number of nitrogens with one attached hydrogen (secondary N) is 1. The van der Waals surface area contributed by atoms with E-state index in [1.54, 1.807) is 11.1 Å². The van der Waals surface area contributed by atoms with Crippen molar-refractivity contribution < 1.29 is 9.00 Å². The molecule has 0 spiro atoms. The topological polar surface area (TPSA) is 70.5 Å². The predicted molar refractivity (Wildman–Crippen MR) is 135 cm³/mol. The van der Waals surface area contributed by atoms with Crippen LogP contribution in [0.5, 0.6) is 0 Å². The molecule has 3 aromatic rings. The van der Waals surface area contributed by atoms with Gasteiger partial charge in [0, 0.05) is 30.7 Å². The maximum absolute atomic E-state index is 13.0. The summed E-state index contributed by atoms with van der Waals surface area (Å²) in [6.45, 7) is 8.93. The van der Waals surface area contributed by atoms with E-state index in [9.17, 15) is 9.00 Å². The van der Waals surface area contributed by atoms with E-state index in [0.29, 0.717) is 11.0 Å². The molecule has 0 saturated carbocycles. The van der Waals surface area contributed by atoms with Gasteiger partial charge in [-0.15, -0.1) is 0 Å². The Morgan fingerprint density at radius 3 is 2.27 bits per heavy atom. The van der Waals surface area contributed by atoms with Gasteiger partial charge in [0.1, 0.15) is 22.1 Å². The standard InChI is InChI=1S/C18H23N5O2S.C6H5Br/c1-12-8-13(2)10-15(9-12)23-17(24)14(3)22-16(11-20-18(22)23)26(25)21-6-4-19-5-7-21;7-6-4-2-1-3-5-6/h8-11,14,19H,4-7H2,1-3H3;1-5H. The van der Waals surface area contributed by atoms with Crippen LogP contribution in [-0.2, 0) is 15.8 Å². The number of imidazole rings is 1. The zero-order valence-electron chi connectivity index (χ0n) is 19.0. The molecule has 5 rings (SSSR count). The molecule has 1 amide bonds. The van der Waals surface area contributed by atoms with Crippen LogP contribution in [0.4, 0.5) is 11.6 Å². The summed E-state index contributed by atoms with van der Waals surface area (Å²) in [7, 11) is -1.32. The molecule has 1 N–H and O–H groups in total. The van der Waals surface area contributed by atoms with Crippen LogP contribution in [0.15, 0.2) is 64.2 Å². The van der Waals surface area contributed by atoms with Crippen molar-refractivity contribution in [3.05, 3.63) is 70.3 Å². The number of carbonyl (C=O) groups excluding carboxylic acids is 1. The fraction of sp³-hybridized carbons (Fsp3) is 0.333. The number of aryl methyl sites for hydroxylation is 2. The Bertz CT molecular complexity index is 1140. The SMILES string of the molecule is Brc1ccccc1.Cc1cc(C)cc(N2C(=O)C(C)n3c(S(=O)N4CCNCC4)cnc32)c1. The number of halogens is 1. The molecule has 1 saturated heterocycles. The quantitative estimate of drug-likeness (QED) is 0.554. The number of anilines is 2. The maximum Gasteiger partial charge on any atom is 0.256 e. The number of nitrogens with zero attached hydrogens (tertiary/aromatic N) is 4. The fourth-order valence-electron chi connectivity index (χ4n) is 4.07. The summed E-state index contributed by atoms with van der Waals surface area (Å²) in [5.74, 6) is 0.502. The molecule has 9 heteroatoms. The predicted octanol–water partition coefficient (Wildman–Crippen LogP) is 4.12. The molecule has 0 aliphatic carbocycles. The lowest BCUT2D eigenvalue weighted by molar-refractivity contribution is -0.119. The number of carbonyl (C=O) groups is 1. The second-order valence-electron chi connectivity index (χ2n) is 8.19. The van der Waals surface area contributed by atoms with Gasteiger partial charge in [0.05, 0.1) is 11.9 Å². The van der Waals surface area contributed by atoms with Crippen molar-refractivity contribution in [1.82, 2.24) is 19.2 Å². The number of benzene rings is 2. The molecule has 2 aliphatic heterocycles. The Labute approximate surface area is 205 Å². The highest BCUT2D eigenvalue weighted by Gasteiger charge is 2.40. The zero-order valence-corrected chi connectivity index (χ0v) is 21.4. The highest BCUT2D eigenvalue weighted by molar-refractivity contribution is 9.10. The van der Waals surface area contributed by atoms with E-state index in [2.05, 4.69) is 32.3 Å². The minimum atomic E-state index is -1.32. The Morgan fingerprint density at radius 2 is 1.70 bits per heavy atom. The van der Waals surface area contributed by atoms with Crippen LogP contribution in [0.25, 0.3) is 0 Å². The maximum atomic E-state index is 13.0. The molecule has 2 aromatic carbocycles. The number of aromatic nitrogens is 2. The minimum absolute atomic E-state index is 0.0448. The molecular formula is C24H28BrN5O2S. The van der Waals surface area contributed by atoms with Crippen molar-refractivity contribution in [2.75, 3.05) is 31.1 Å². The second-order valence-corrected chi connectivity index (χ2v) is 10.5. The highest BCUT2D eigenvalue weighted by atomic mass is 79.9.